The second kappa shape index (κ2) is 8.05. The molecule has 1 heterocycles. The third-order valence-corrected chi connectivity index (χ3v) is 3.31. The van der Waals surface area contributed by atoms with Crippen molar-refractivity contribution in [2.75, 3.05) is 24.6 Å². The van der Waals surface area contributed by atoms with Crippen LogP contribution in [0.1, 0.15) is 31.7 Å². The van der Waals surface area contributed by atoms with Crippen molar-refractivity contribution in [3.63, 3.8) is 0 Å². The van der Waals surface area contributed by atoms with Gasteiger partial charge in [0.15, 0.2) is 0 Å². The molecule has 0 atom stereocenters. The van der Waals surface area contributed by atoms with Crippen LogP contribution in [-0.2, 0) is 16.0 Å². The van der Waals surface area contributed by atoms with Crippen LogP contribution in [0, 0.1) is 0 Å². The number of rotatable bonds is 4. The van der Waals surface area contributed by atoms with Gasteiger partial charge < -0.3 is 9.64 Å². The largest absolute Gasteiger partial charge is 0.466 e. The predicted molar refractivity (Wildman–Crippen MR) is 80.1 cm³/mol. The smallest absolute Gasteiger partial charge is 0.310 e. The first-order chi connectivity index (χ1) is 8.79. The molecule has 1 aromatic carbocycles. The van der Waals surface area contributed by atoms with E-state index in [2.05, 4.69) is 17.0 Å². The van der Waals surface area contributed by atoms with Crippen LogP contribution in [0.3, 0.4) is 0 Å². The fourth-order valence-electron chi connectivity index (χ4n) is 2.36. The van der Waals surface area contributed by atoms with E-state index in [4.69, 9.17) is 4.74 Å². The summed E-state index contributed by atoms with van der Waals surface area (Å²) in [6.07, 6.45) is 4.28. The van der Waals surface area contributed by atoms with Crippen molar-refractivity contribution in [1.29, 1.82) is 0 Å². The summed E-state index contributed by atoms with van der Waals surface area (Å²) in [5.41, 5.74) is 2.29. The molecule has 1 aliphatic heterocycles. The molecule has 3 nitrogen and oxygen atoms in total. The van der Waals surface area contributed by atoms with Crippen LogP contribution in [0.4, 0.5) is 5.69 Å². The number of carbonyl (C=O) groups is 1. The third kappa shape index (κ3) is 4.75. The Balaban J connectivity index is 0.00000180. The highest BCUT2D eigenvalue weighted by molar-refractivity contribution is 5.85. The van der Waals surface area contributed by atoms with Gasteiger partial charge in [0, 0.05) is 18.8 Å². The lowest BCUT2D eigenvalue weighted by Crippen LogP contribution is -2.29. The van der Waals surface area contributed by atoms with E-state index in [-0.39, 0.29) is 18.4 Å². The summed E-state index contributed by atoms with van der Waals surface area (Å²) in [5.74, 6) is -0.150. The molecule has 106 valence electrons. The average Bonchev–Trinajstić information content (AvgIpc) is 2.41. The maximum Gasteiger partial charge on any atom is 0.310 e. The second-order valence-corrected chi connectivity index (χ2v) is 4.70. The van der Waals surface area contributed by atoms with Gasteiger partial charge in [-0.2, -0.15) is 0 Å². The van der Waals surface area contributed by atoms with Crippen molar-refractivity contribution in [2.24, 2.45) is 0 Å². The molecule has 0 unspecified atom stereocenters. The quantitative estimate of drug-likeness (QED) is 0.795. The molecule has 1 aliphatic rings. The number of benzene rings is 1. The van der Waals surface area contributed by atoms with E-state index in [0.717, 1.165) is 18.7 Å². The molecule has 1 aromatic rings. The van der Waals surface area contributed by atoms with Crippen LogP contribution in [0.2, 0.25) is 0 Å². The summed E-state index contributed by atoms with van der Waals surface area (Å²) in [7, 11) is 0. The fraction of sp³-hybridized carbons (Fsp3) is 0.533. The summed E-state index contributed by atoms with van der Waals surface area (Å²) >= 11 is 0. The van der Waals surface area contributed by atoms with Crippen molar-refractivity contribution in [3.8, 4) is 0 Å². The summed E-state index contributed by atoms with van der Waals surface area (Å²) in [5, 5.41) is 0. The van der Waals surface area contributed by atoms with E-state index in [1.165, 1.54) is 24.9 Å². The van der Waals surface area contributed by atoms with Crippen molar-refractivity contribution < 1.29 is 9.53 Å². The van der Waals surface area contributed by atoms with Crippen molar-refractivity contribution in [2.45, 2.75) is 32.6 Å². The molecule has 2 rings (SSSR count). The van der Waals surface area contributed by atoms with Crippen LogP contribution in [0.25, 0.3) is 0 Å². The Morgan fingerprint density at radius 1 is 1.16 bits per heavy atom. The molecule has 0 bridgehead atoms. The number of halogens is 1. The normalized spacial score (nSPS) is 14.7. The molecule has 19 heavy (non-hydrogen) atoms. The molecule has 0 saturated carbocycles. The lowest BCUT2D eigenvalue weighted by Gasteiger charge is -2.28. The maximum atomic E-state index is 11.4. The van der Waals surface area contributed by atoms with Gasteiger partial charge >= 0.3 is 5.97 Å². The third-order valence-electron chi connectivity index (χ3n) is 3.31. The van der Waals surface area contributed by atoms with Gasteiger partial charge in [0.05, 0.1) is 13.0 Å². The minimum atomic E-state index is -0.150. The Morgan fingerprint density at radius 2 is 1.79 bits per heavy atom. The first kappa shape index (κ1) is 15.8. The van der Waals surface area contributed by atoms with E-state index < -0.39 is 0 Å². The summed E-state index contributed by atoms with van der Waals surface area (Å²) in [6, 6.07) is 8.28. The van der Waals surface area contributed by atoms with Gasteiger partial charge in [-0.25, -0.2) is 0 Å². The molecule has 1 fully saturated rings. The van der Waals surface area contributed by atoms with Gasteiger partial charge in [0.1, 0.15) is 0 Å². The lowest BCUT2D eigenvalue weighted by atomic mass is 10.1. The van der Waals surface area contributed by atoms with Crippen LogP contribution in [-0.4, -0.2) is 25.7 Å². The predicted octanol–water partition coefficient (Wildman–Crippen LogP) is 3.20. The number of hydrogen-bond acceptors (Lipinski definition) is 3. The van der Waals surface area contributed by atoms with Crippen molar-refractivity contribution in [3.05, 3.63) is 29.8 Å². The first-order valence-electron chi connectivity index (χ1n) is 6.79. The molecule has 4 heteroatoms. The standard InChI is InChI=1S/C15H21NO2.ClH/c1-2-18-15(17)12-13-6-8-14(9-7-13)16-10-4-3-5-11-16;/h6-9H,2-5,10-12H2,1H3;1H. The zero-order valence-corrected chi connectivity index (χ0v) is 12.2. The van der Waals surface area contributed by atoms with Gasteiger partial charge in [-0.3, -0.25) is 4.79 Å². The number of carbonyl (C=O) groups excluding carboxylic acids is 1. The average molecular weight is 284 g/mol. The highest BCUT2D eigenvalue weighted by atomic mass is 35.5. The Bertz CT molecular complexity index is 386. The van der Waals surface area contributed by atoms with Crippen molar-refractivity contribution >= 4 is 24.1 Å². The highest BCUT2D eigenvalue weighted by Gasteiger charge is 2.11. The second-order valence-electron chi connectivity index (χ2n) is 4.70. The van der Waals surface area contributed by atoms with Gasteiger partial charge in [0.25, 0.3) is 0 Å². The van der Waals surface area contributed by atoms with Gasteiger partial charge in [-0.05, 0) is 43.9 Å². The first-order valence-corrected chi connectivity index (χ1v) is 6.79. The van der Waals surface area contributed by atoms with Gasteiger partial charge in [-0.1, -0.05) is 12.1 Å². The fourth-order valence-corrected chi connectivity index (χ4v) is 2.36. The minimum absolute atomic E-state index is 0. The van der Waals surface area contributed by atoms with E-state index in [9.17, 15) is 4.79 Å². The Morgan fingerprint density at radius 3 is 2.37 bits per heavy atom. The van der Waals surface area contributed by atoms with Gasteiger partial charge in [0.2, 0.25) is 0 Å². The summed E-state index contributed by atoms with van der Waals surface area (Å²) in [4.78, 5) is 13.8. The van der Waals surface area contributed by atoms with E-state index in [1.807, 2.05) is 19.1 Å². The van der Waals surface area contributed by atoms with E-state index in [1.54, 1.807) is 0 Å². The lowest BCUT2D eigenvalue weighted by molar-refractivity contribution is -0.142. The molecule has 0 N–H and O–H groups in total. The summed E-state index contributed by atoms with van der Waals surface area (Å²) < 4.78 is 4.94. The molecule has 0 radical (unpaired) electrons. The molecule has 0 spiro atoms. The number of ether oxygens (including phenoxy) is 1. The Labute approximate surface area is 121 Å². The topological polar surface area (TPSA) is 29.5 Å². The Kier molecular flexibility index (Phi) is 6.71. The highest BCUT2D eigenvalue weighted by Crippen LogP contribution is 2.20. The monoisotopic (exact) mass is 283 g/mol. The molecule has 1 saturated heterocycles. The molecular weight excluding hydrogens is 262 g/mol. The number of anilines is 1. The number of esters is 1. The zero-order chi connectivity index (χ0) is 12.8. The maximum absolute atomic E-state index is 11.4. The molecular formula is C15H22ClNO2. The number of nitrogens with zero attached hydrogens (tertiary/aromatic N) is 1. The molecule has 0 aromatic heterocycles. The molecule has 0 aliphatic carbocycles. The van der Waals surface area contributed by atoms with Crippen LogP contribution in [0.5, 0.6) is 0 Å². The molecule has 0 amide bonds. The number of piperidine rings is 1. The van der Waals surface area contributed by atoms with E-state index >= 15 is 0 Å². The zero-order valence-electron chi connectivity index (χ0n) is 11.4. The van der Waals surface area contributed by atoms with Crippen LogP contribution < -0.4 is 4.90 Å². The SMILES string of the molecule is CCOC(=O)Cc1ccc(N2CCCCC2)cc1.Cl. The van der Waals surface area contributed by atoms with Crippen molar-refractivity contribution in [1.82, 2.24) is 0 Å². The van der Waals surface area contributed by atoms with E-state index in [0.29, 0.717) is 13.0 Å². The van der Waals surface area contributed by atoms with Gasteiger partial charge in [-0.15, -0.1) is 12.4 Å². The van der Waals surface area contributed by atoms with Crippen LogP contribution in [0.15, 0.2) is 24.3 Å². The summed E-state index contributed by atoms with van der Waals surface area (Å²) in [6.45, 7) is 4.58. The van der Waals surface area contributed by atoms with Crippen LogP contribution >= 0.6 is 12.4 Å². The number of hydrogen-bond donors (Lipinski definition) is 0. The Hall–Kier alpha value is -1.22. The minimum Gasteiger partial charge on any atom is -0.466 e.